The van der Waals surface area contributed by atoms with E-state index < -0.39 is 12.6 Å². The molecule has 0 spiro atoms. The third-order valence-electron chi connectivity index (χ3n) is 2.20. The number of halogens is 3. The second-order valence-corrected chi connectivity index (χ2v) is 3.68. The van der Waals surface area contributed by atoms with Gasteiger partial charge in [-0.05, 0) is 24.1 Å². The van der Waals surface area contributed by atoms with E-state index in [0.717, 1.165) is 11.3 Å². The molecule has 0 bridgehead atoms. The van der Waals surface area contributed by atoms with Crippen molar-refractivity contribution in [2.75, 3.05) is 11.9 Å². The standard InChI is InChI=1S/C12H13F3N2/c13-12(14,15)7-1-9-17-11-4-2-10(3-5-11)6-8-16/h2-5,17H,1,6-7,9H2. The first kappa shape index (κ1) is 13.4. The topological polar surface area (TPSA) is 35.8 Å². The van der Waals surface area contributed by atoms with Crippen molar-refractivity contribution in [1.82, 2.24) is 0 Å². The second-order valence-electron chi connectivity index (χ2n) is 3.68. The number of alkyl halides is 3. The molecule has 0 radical (unpaired) electrons. The number of hydrogen-bond donors (Lipinski definition) is 1. The predicted molar refractivity (Wildman–Crippen MR) is 59.5 cm³/mol. The van der Waals surface area contributed by atoms with Gasteiger partial charge in [-0.2, -0.15) is 18.4 Å². The van der Waals surface area contributed by atoms with Crippen molar-refractivity contribution in [3.63, 3.8) is 0 Å². The highest BCUT2D eigenvalue weighted by Crippen LogP contribution is 2.21. The van der Waals surface area contributed by atoms with E-state index in [1.807, 2.05) is 6.07 Å². The minimum atomic E-state index is -4.08. The van der Waals surface area contributed by atoms with Crippen LogP contribution in [0, 0.1) is 11.3 Å². The zero-order chi connectivity index (χ0) is 12.7. The summed E-state index contributed by atoms with van der Waals surface area (Å²) in [5, 5.41) is 11.4. The van der Waals surface area contributed by atoms with Crippen LogP contribution in [0.4, 0.5) is 18.9 Å². The van der Waals surface area contributed by atoms with Crippen LogP contribution >= 0.6 is 0 Å². The third kappa shape index (κ3) is 5.81. The molecule has 1 rings (SSSR count). The Kier molecular flexibility index (Phi) is 4.83. The molecule has 1 N–H and O–H groups in total. The number of nitriles is 1. The molecule has 17 heavy (non-hydrogen) atoms. The van der Waals surface area contributed by atoms with Crippen LogP contribution in [0.2, 0.25) is 0 Å². The zero-order valence-electron chi connectivity index (χ0n) is 9.22. The lowest BCUT2D eigenvalue weighted by molar-refractivity contribution is -0.134. The van der Waals surface area contributed by atoms with E-state index in [4.69, 9.17) is 5.26 Å². The summed E-state index contributed by atoms with van der Waals surface area (Å²) in [6.45, 7) is 0.289. The molecule has 0 fully saturated rings. The monoisotopic (exact) mass is 242 g/mol. The van der Waals surface area contributed by atoms with Crippen LogP contribution in [0.25, 0.3) is 0 Å². The van der Waals surface area contributed by atoms with Crippen LogP contribution in [-0.2, 0) is 6.42 Å². The molecule has 0 saturated heterocycles. The first-order chi connectivity index (χ1) is 8.01. The average molecular weight is 242 g/mol. The van der Waals surface area contributed by atoms with E-state index in [0.29, 0.717) is 6.42 Å². The molecular formula is C12H13F3N2. The molecule has 2 nitrogen and oxygen atoms in total. The minimum absolute atomic E-state index is 0.0590. The van der Waals surface area contributed by atoms with Crippen molar-refractivity contribution < 1.29 is 13.2 Å². The Morgan fingerprint density at radius 2 is 1.82 bits per heavy atom. The Labute approximate surface area is 98.1 Å². The SMILES string of the molecule is N#CCc1ccc(NCCCC(F)(F)F)cc1. The summed E-state index contributed by atoms with van der Waals surface area (Å²) in [6, 6.07) is 9.13. The maximum absolute atomic E-state index is 11.9. The molecular weight excluding hydrogens is 229 g/mol. The molecule has 0 unspecified atom stereocenters. The Balaban J connectivity index is 2.30. The van der Waals surface area contributed by atoms with E-state index in [-0.39, 0.29) is 13.0 Å². The zero-order valence-corrected chi connectivity index (χ0v) is 9.22. The molecule has 92 valence electrons. The predicted octanol–water partition coefficient (Wildman–Crippen LogP) is 3.51. The van der Waals surface area contributed by atoms with Gasteiger partial charge in [-0.15, -0.1) is 0 Å². The number of nitrogens with zero attached hydrogens (tertiary/aromatic N) is 1. The van der Waals surface area contributed by atoms with Crippen molar-refractivity contribution in [3.8, 4) is 6.07 Å². The maximum Gasteiger partial charge on any atom is 0.389 e. The first-order valence-electron chi connectivity index (χ1n) is 5.28. The summed E-state index contributed by atoms with van der Waals surface area (Å²) in [6.07, 6.45) is -4.46. The first-order valence-corrected chi connectivity index (χ1v) is 5.28. The maximum atomic E-state index is 11.9. The fraction of sp³-hybridized carbons (Fsp3) is 0.417. The van der Waals surface area contributed by atoms with Gasteiger partial charge in [-0.25, -0.2) is 0 Å². The van der Waals surface area contributed by atoms with Crippen molar-refractivity contribution in [1.29, 1.82) is 5.26 Å². The van der Waals surface area contributed by atoms with E-state index in [2.05, 4.69) is 5.32 Å². The Hall–Kier alpha value is -1.70. The highest BCUT2D eigenvalue weighted by molar-refractivity contribution is 5.44. The van der Waals surface area contributed by atoms with Crippen LogP contribution in [0.5, 0.6) is 0 Å². The Morgan fingerprint density at radius 3 is 2.35 bits per heavy atom. The quantitative estimate of drug-likeness (QED) is 0.802. The number of rotatable bonds is 5. The highest BCUT2D eigenvalue weighted by atomic mass is 19.4. The average Bonchev–Trinajstić information content (AvgIpc) is 2.26. The molecule has 0 aliphatic heterocycles. The number of benzene rings is 1. The van der Waals surface area contributed by atoms with Crippen LogP contribution in [0.3, 0.4) is 0 Å². The summed E-state index contributed by atoms with van der Waals surface area (Å²) in [7, 11) is 0. The van der Waals surface area contributed by atoms with Gasteiger partial charge in [0.2, 0.25) is 0 Å². The number of nitrogens with one attached hydrogen (secondary N) is 1. The molecule has 0 atom stereocenters. The third-order valence-corrected chi connectivity index (χ3v) is 2.20. The van der Waals surface area contributed by atoms with Crippen LogP contribution < -0.4 is 5.32 Å². The van der Waals surface area contributed by atoms with Crippen molar-refractivity contribution >= 4 is 5.69 Å². The lowest BCUT2D eigenvalue weighted by Gasteiger charge is -2.08. The van der Waals surface area contributed by atoms with Gasteiger partial charge in [-0.1, -0.05) is 12.1 Å². The summed E-state index contributed by atoms with van der Waals surface area (Å²) in [5.74, 6) is 0. The van der Waals surface area contributed by atoms with Gasteiger partial charge in [0.15, 0.2) is 0 Å². The number of hydrogen-bond acceptors (Lipinski definition) is 2. The van der Waals surface area contributed by atoms with Crippen LogP contribution in [0.15, 0.2) is 24.3 Å². The Bertz CT molecular complexity index is 376. The smallest absolute Gasteiger partial charge is 0.385 e. The normalized spacial score (nSPS) is 10.9. The molecule has 0 aliphatic rings. The molecule has 0 aliphatic carbocycles. The van der Waals surface area contributed by atoms with E-state index >= 15 is 0 Å². The Morgan fingerprint density at radius 1 is 1.18 bits per heavy atom. The lowest BCUT2D eigenvalue weighted by Crippen LogP contribution is -2.10. The molecule has 1 aromatic rings. The van der Waals surface area contributed by atoms with E-state index in [9.17, 15) is 13.2 Å². The van der Waals surface area contributed by atoms with Gasteiger partial charge in [0.1, 0.15) is 0 Å². The molecule has 5 heteroatoms. The van der Waals surface area contributed by atoms with Crippen LogP contribution in [-0.4, -0.2) is 12.7 Å². The van der Waals surface area contributed by atoms with E-state index in [1.54, 1.807) is 24.3 Å². The molecule has 1 aromatic carbocycles. The van der Waals surface area contributed by atoms with Gasteiger partial charge in [0, 0.05) is 18.7 Å². The van der Waals surface area contributed by atoms with Crippen molar-refractivity contribution in [2.45, 2.75) is 25.4 Å². The fourth-order valence-corrected chi connectivity index (χ4v) is 1.35. The fourth-order valence-electron chi connectivity index (χ4n) is 1.35. The van der Waals surface area contributed by atoms with Gasteiger partial charge in [-0.3, -0.25) is 0 Å². The van der Waals surface area contributed by atoms with Gasteiger partial charge in [0.05, 0.1) is 12.5 Å². The largest absolute Gasteiger partial charge is 0.389 e. The van der Waals surface area contributed by atoms with Gasteiger partial charge in [0.25, 0.3) is 0 Å². The molecule has 0 heterocycles. The van der Waals surface area contributed by atoms with Crippen molar-refractivity contribution in [3.05, 3.63) is 29.8 Å². The highest BCUT2D eigenvalue weighted by Gasteiger charge is 2.25. The van der Waals surface area contributed by atoms with E-state index in [1.165, 1.54) is 0 Å². The second kappa shape index (κ2) is 6.14. The molecule has 0 aromatic heterocycles. The minimum Gasteiger partial charge on any atom is -0.385 e. The molecule has 0 saturated carbocycles. The summed E-state index contributed by atoms with van der Waals surface area (Å²) in [4.78, 5) is 0. The van der Waals surface area contributed by atoms with Crippen molar-refractivity contribution in [2.24, 2.45) is 0 Å². The van der Waals surface area contributed by atoms with Gasteiger partial charge < -0.3 is 5.32 Å². The van der Waals surface area contributed by atoms with Gasteiger partial charge >= 0.3 is 6.18 Å². The number of anilines is 1. The summed E-state index contributed by atoms with van der Waals surface area (Å²) < 4.78 is 35.6. The lowest BCUT2D eigenvalue weighted by atomic mass is 10.1. The summed E-state index contributed by atoms with van der Waals surface area (Å²) >= 11 is 0. The summed E-state index contributed by atoms with van der Waals surface area (Å²) in [5.41, 5.74) is 1.67. The van der Waals surface area contributed by atoms with Crippen LogP contribution in [0.1, 0.15) is 18.4 Å². The molecule has 0 amide bonds.